The summed E-state index contributed by atoms with van der Waals surface area (Å²) in [6, 6.07) is 10.5. The molecule has 0 amide bonds. The van der Waals surface area contributed by atoms with Gasteiger partial charge in [0.05, 0.1) is 5.69 Å². The van der Waals surface area contributed by atoms with Gasteiger partial charge in [-0.25, -0.2) is 4.68 Å². The van der Waals surface area contributed by atoms with Crippen LogP contribution in [-0.2, 0) is 6.42 Å². The van der Waals surface area contributed by atoms with Crippen LogP contribution in [0.25, 0.3) is 5.69 Å². The highest BCUT2D eigenvalue weighted by Crippen LogP contribution is 2.19. The lowest BCUT2D eigenvalue weighted by Crippen LogP contribution is -2.55. The first-order valence-electron chi connectivity index (χ1n) is 10.4. The number of hydrogen-bond donors (Lipinski definition) is 2. The Morgan fingerprint density at radius 3 is 2.50 bits per heavy atom. The van der Waals surface area contributed by atoms with E-state index in [0.29, 0.717) is 0 Å². The van der Waals surface area contributed by atoms with Crippen LogP contribution < -0.4 is 10.6 Å². The fraction of sp³-hybridized carbons (Fsp3) is 0.545. The molecule has 28 heavy (non-hydrogen) atoms. The molecule has 1 fully saturated rings. The average molecular weight is 383 g/mol. The van der Waals surface area contributed by atoms with E-state index in [-0.39, 0.29) is 5.54 Å². The Morgan fingerprint density at radius 2 is 1.86 bits per heavy atom. The Balaban J connectivity index is 1.42. The maximum absolute atomic E-state index is 4.38. The summed E-state index contributed by atoms with van der Waals surface area (Å²) >= 11 is 0. The van der Waals surface area contributed by atoms with Crippen molar-refractivity contribution in [1.82, 2.24) is 25.3 Å². The number of aromatic nitrogens is 2. The number of nitrogens with one attached hydrogen (secondary N) is 2. The van der Waals surface area contributed by atoms with Crippen molar-refractivity contribution in [3.8, 4) is 5.69 Å². The first-order valence-corrected chi connectivity index (χ1v) is 10.4. The fourth-order valence-corrected chi connectivity index (χ4v) is 3.69. The van der Waals surface area contributed by atoms with Crippen LogP contribution in [0.1, 0.15) is 38.7 Å². The molecule has 1 aliphatic heterocycles. The van der Waals surface area contributed by atoms with E-state index in [0.717, 1.165) is 31.2 Å². The van der Waals surface area contributed by atoms with Crippen molar-refractivity contribution in [1.29, 1.82) is 0 Å². The standard InChI is InChI=1S/C22H34N6/c1-22(2,27-15-5-4-6-16-27)18-25-21(23-3)24-14-12-19-8-10-20(11-9-19)28-17-7-13-26-28/h7-11,13,17H,4-6,12,14-16,18H2,1-3H3,(H2,23,24,25). The second kappa shape index (κ2) is 9.73. The zero-order valence-corrected chi connectivity index (χ0v) is 17.5. The maximum atomic E-state index is 4.38. The Hall–Kier alpha value is -2.34. The lowest BCUT2D eigenvalue weighted by atomic mass is 9.98. The molecule has 6 nitrogen and oxygen atoms in total. The van der Waals surface area contributed by atoms with Gasteiger partial charge in [-0.3, -0.25) is 9.89 Å². The number of guanidine groups is 1. The highest BCUT2D eigenvalue weighted by atomic mass is 15.3. The van der Waals surface area contributed by atoms with Crippen LogP contribution in [-0.4, -0.2) is 59.4 Å². The van der Waals surface area contributed by atoms with Crippen LogP contribution in [0.5, 0.6) is 0 Å². The molecular weight excluding hydrogens is 348 g/mol. The summed E-state index contributed by atoms with van der Waals surface area (Å²) in [6.07, 6.45) is 8.70. The fourth-order valence-electron chi connectivity index (χ4n) is 3.69. The van der Waals surface area contributed by atoms with Crippen molar-refractivity contribution in [2.45, 2.75) is 45.1 Å². The zero-order valence-electron chi connectivity index (χ0n) is 17.5. The van der Waals surface area contributed by atoms with Crippen LogP contribution in [0.15, 0.2) is 47.7 Å². The minimum absolute atomic E-state index is 0.139. The van der Waals surface area contributed by atoms with Crippen molar-refractivity contribution in [3.63, 3.8) is 0 Å². The van der Waals surface area contributed by atoms with Gasteiger partial charge in [0.2, 0.25) is 0 Å². The smallest absolute Gasteiger partial charge is 0.191 e. The van der Waals surface area contributed by atoms with Crippen molar-refractivity contribution in [3.05, 3.63) is 48.3 Å². The zero-order chi connectivity index (χ0) is 19.8. The predicted molar refractivity (Wildman–Crippen MR) is 116 cm³/mol. The number of likely N-dealkylation sites (tertiary alicyclic amines) is 1. The highest BCUT2D eigenvalue weighted by molar-refractivity contribution is 5.79. The van der Waals surface area contributed by atoms with E-state index in [2.05, 4.69) is 63.7 Å². The number of hydrogen-bond acceptors (Lipinski definition) is 3. The molecule has 0 saturated carbocycles. The predicted octanol–water partition coefficient (Wildman–Crippen LogP) is 2.84. The van der Waals surface area contributed by atoms with Gasteiger partial charge in [0.1, 0.15) is 0 Å². The summed E-state index contributed by atoms with van der Waals surface area (Å²) in [7, 11) is 1.84. The van der Waals surface area contributed by atoms with Crippen molar-refractivity contribution >= 4 is 5.96 Å². The van der Waals surface area contributed by atoms with Gasteiger partial charge in [-0.05, 0) is 70.0 Å². The second-order valence-electron chi connectivity index (χ2n) is 8.08. The normalized spacial score (nSPS) is 16.2. The van der Waals surface area contributed by atoms with Gasteiger partial charge in [-0.1, -0.05) is 18.6 Å². The van der Waals surface area contributed by atoms with Gasteiger partial charge < -0.3 is 10.6 Å². The van der Waals surface area contributed by atoms with E-state index in [4.69, 9.17) is 0 Å². The minimum Gasteiger partial charge on any atom is -0.356 e. The van der Waals surface area contributed by atoms with Gasteiger partial charge >= 0.3 is 0 Å². The van der Waals surface area contributed by atoms with Crippen LogP contribution in [0.3, 0.4) is 0 Å². The SMILES string of the molecule is CN=C(NCCc1ccc(-n2cccn2)cc1)NCC(C)(C)N1CCCCC1. The number of benzene rings is 1. The van der Waals surface area contributed by atoms with Gasteiger partial charge in [0, 0.05) is 38.1 Å². The molecule has 3 rings (SSSR count). The van der Waals surface area contributed by atoms with Crippen molar-refractivity contribution < 1.29 is 0 Å². The third-order valence-corrected chi connectivity index (χ3v) is 5.54. The summed E-state index contributed by atoms with van der Waals surface area (Å²) in [5, 5.41) is 11.2. The molecule has 2 N–H and O–H groups in total. The van der Waals surface area contributed by atoms with Crippen LogP contribution >= 0.6 is 0 Å². The van der Waals surface area contributed by atoms with E-state index >= 15 is 0 Å². The Labute approximate surface area is 169 Å². The molecule has 0 atom stereocenters. The number of piperidine rings is 1. The quantitative estimate of drug-likeness (QED) is 0.571. The Bertz CT molecular complexity index is 727. The third-order valence-electron chi connectivity index (χ3n) is 5.54. The van der Waals surface area contributed by atoms with Crippen LogP contribution in [0.4, 0.5) is 0 Å². The molecule has 2 aromatic rings. The Kier molecular flexibility index (Phi) is 7.09. The lowest BCUT2D eigenvalue weighted by molar-refractivity contribution is 0.0982. The van der Waals surface area contributed by atoms with E-state index in [9.17, 15) is 0 Å². The summed E-state index contributed by atoms with van der Waals surface area (Å²) < 4.78 is 1.87. The molecule has 152 valence electrons. The highest BCUT2D eigenvalue weighted by Gasteiger charge is 2.27. The van der Waals surface area contributed by atoms with E-state index in [1.165, 1.54) is 37.9 Å². The molecule has 0 unspecified atom stereocenters. The maximum Gasteiger partial charge on any atom is 0.191 e. The monoisotopic (exact) mass is 382 g/mol. The molecule has 0 spiro atoms. The van der Waals surface area contributed by atoms with Gasteiger partial charge in [0.25, 0.3) is 0 Å². The second-order valence-corrected chi connectivity index (χ2v) is 8.08. The lowest BCUT2D eigenvalue weighted by Gasteiger charge is -2.41. The summed E-state index contributed by atoms with van der Waals surface area (Å²) in [6.45, 7) is 8.79. The first-order chi connectivity index (χ1) is 13.6. The molecule has 6 heteroatoms. The number of rotatable bonds is 7. The van der Waals surface area contributed by atoms with Gasteiger partial charge in [-0.2, -0.15) is 5.10 Å². The van der Waals surface area contributed by atoms with E-state index < -0.39 is 0 Å². The Morgan fingerprint density at radius 1 is 1.11 bits per heavy atom. The molecule has 1 aromatic carbocycles. The molecule has 1 saturated heterocycles. The van der Waals surface area contributed by atoms with Crippen LogP contribution in [0.2, 0.25) is 0 Å². The molecule has 1 aromatic heterocycles. The van der Waals surface area contributed by atoms with Crippen molar-refractivity contribution in [2.75, 3.05) is 33.2 Å². The first kappa shape index (κ1) is 20.4. The van der Waals surface area contributed by atoms with E-state index in [1.807, 2.05) is 24.0 Å². The van der Waals surface area contributed by atoms with Crippen LogP contribution in [0, 0.1) is 0 Å². The molecular formula is C22H34N6. The average Bonchev–Trinajstić information content (AvgIpc) is 3.26. The van der Waals surface area contributed by atoms with Gasteiger partial charge in [-0.15, -0.1) is 0 Å². The van der Waals surface area contributed by atoms with Gasteiger partial charge in [0.15, 0.2) is 5.96 Å². The number of aliphatic imine (C=N–C) groups is 1. The largest absolute Gasteiger partial charge is 0.356 e. The van der Waals surface area contributed by atoms with E-state index in [1.54, 1.807) is 6.20 Å². The summed E-state index contributed by atoms with van der Waals surface area (Å²) in [5.74, 6) is 0.873. The molecule has 0 aliphatic carbocycles. The van der Waals surface area contributed by atoms with Crippen molar-refractivity contribution in [2.24, 2.45) is 4.99 Å². The summed E-state index contributed by atoms with van der Waals surface area (Å²) in [4.78, 5) is 6.97. The molecule has 2 heterocycles. The molecule has 0 bridgehead atoms. The third kappa shape index (κ3) is 5.58. The summed E-state index contributed by atoms with van der Waals surface area (Å²) in [5.41, 5.74) is 2.52. The molecule has 0 radical (unpaired) electrons. The number of nitrogens with zero attached hydrogens (tertiary/aromatic N) is 4. The topological polar surface area (TPSA) is 57.5 Å². The minimum atomic E-state index is 0.139. The molecule has 1 aliphatic rings.